The van der Waals surface area contributed by atoms with E-state index in [-0.39, 0.29) is 5.91 Å². The lowest BCUT2D eigenvalue weighted by molar-refractivity contribution is -0.119. The number of anilines is 2. The van der Waals surface area contributed by atoms with Crippen LogP contribution in [0.4, 0.5) is 11.6 Å². The summed E-state index contributed by atoms with van der Waals surface area (Å²) in [6.07, 6.45) is 2.12. The Labute approximate surface area is 119 Å². The van der Waals surface area contributed by atoms with Crippen LogP contribution in [-0.4, -0.2) is 35.5 Å². The second-order valence-electron chi connectivity index (χ2n) is 5.47. The maximum Gasteiger partial charge on any atom is 0.216 e. The molecule has 0 saturated carbocycles. The molecule has 1 amide bonds. The Bertz CT molecular complexity index is 495. The summed E-state index contributed by atoms with van der Waals surface area (Å²) in [5.74, 6) is 2.82. The van der Waals surface area contributed by atoms with Crippen LogP contribution in [-0.2, 0) is 4.79 Å². The quantitative estimate of drug-likeness (QED) is 0.862. The molecule has 1 aromatic rings. The van der Waals surface area contributed by atoms with Crippen molar-refractivity contribution in [3.05, 3.63) is 11.4 Å². The highest BCUT2D eigenvalue weighted by molar-refractivity contribution is 5.72. The number of hydrogen-bond donors (Lipinski definition) is 2. The van der Waals surface area contributed by atoms with Gasteiger partial charge in [0, 0.05) is 32.1 Å². The molecular formula is C14H23N5O. The molecule has 0 spiro atoms. The molecule has 20 heavy (non-hydrogen) atoms. The van der Waals surface area contributed by atoms with Crippen molar-refractivity contribution in [2.75, 3.05) is 30.3 Å². The fourth-order valence-corrected chi connectivity index (χ4v) is 2.58. The minimum atomic E-state index is 0.0440. The second kappa shape index (κ2) is 6.07. The van der Waals surface area contributed by atoms with Crippen molar-refractivity contribution in [1.82, 2.24) is 15.3 Å². The highest BCUT2D eigenvalue weighted by Gasteiger charge is 2.22. The molecule has 0 aromatic carbocycles. The van der Waals surface area contributed by atoms with E-state index in [2.05, 4.69) is 20.2 Å². The predicted molar refractivity (Wildman–Crippen MR) is 79.5 cm³/mol. The van der Waals surface area contributed by atoms with Crippen LogP contribution >= 0.6 is 0 Å². The molecule has 1 aliphatic heterocycles. The van der Waals surface area contributed by atoms with Crippen molar-refractivity contribution in [3.63, 3.8) is 0 Å². The van der Waals surface area contributed by atoms with E-state index in [1.165, 1.54) is 0 Å². The third-order valence-electron chi connectivity index (χ3n) is 3.82. The van der Waals surface area contributed by atoms with E-state index in [4.69, 9.17) is 5.73 Å². The Morgan fingerprint density at radius 2 is 2.00 bits per heavy atom. The monoisotopic (exact) mass is 277 g/mol. The van der Waals surface area contributed by atoms with Crippen molar-refractivity contribution < 1.29 is 4.79 Å². The van der Waals surface area contributed by atoms with Crippen molar-refractivity contribution in [2.24, 2.45) is 5.92 Å². The third-order valence-corrected chi connectivity index (χ3v) is 3.82. The molecule has 0 atom stereocenters. The minimum Gasteiger partial charge on any atom is -0.383 e. The smallest absolute Gasteiger partial charge is 0.216 e. The predicted octanol–water partition coefficient (Wildman–Crippen LogP) is 1.03. The molecule has 6 heteroatoms. The number of aryl methyl sites for hydroxylation is 1. The van der Waals surface area contributed by atoms with Gasteiger partial charge in [0.05, 0.1) is 0 Å². The van der Waals surface area contributed by atoms with E-state index in [9.17, 15) is 4.79 Å². The first-order chi connectivity index (χ1) is 9.47. The number of amides is 1. The van der Waals surface area contributed by atoms with Gasteiger partial charge in [-0.05, 0) is 32.6 Å². The molecule has 1 fully saturated rings. The van der Waals surface area contributed by atoms with Gasteiger partial charge >= 0.3 is 0 Å². The lowest BCUT2D eigenvalue weighted by Gasteiger charge is -2.33. The van der Waals surface area contributed by atoms with Gasteiger partial charge < -0.3 is 16.0 Å². The number of carbonyl (C=O) groups excluding carboxylic acids is 1. The molecular weight excluding hydrogens is 254 g/mol. The van der Waals surface area contributed by atoms with Crippen LogP contribution in [0.2, 0.25) is 0 Å². The van der Waals surface area contributed by atoms with Crippen LogP contribution in [0, 0.1) is 19.8 Å². The number of aromatic nitrogens is 2. The van der Waals surface area contributed by atoms with E-state index >= 15 is 0 Å². The second-order valence-corrected chi connectivity index (χ2v) is 5.47. The van der Waals surface area contributed by atoms with Crippen LogP contribution < -0.4 is 16.0 Å². The first-order valence-electron chi connectivity index (χ1n) is 7.07. The first kappa shape index (κ1) is 14.6. The normalized spacial score (nSPS) is 16.2. The highest BCUT2D eigenvalue weighted by atomic mass is 16.1. The number of nitrogens with one attached hydrogen (secondary N) is 1. The zero-order chi connectivity index (χ0) is 14.7. The van der Waals surface area contributed by atoms with Crippen LogP contribution in [0.1, 0.15) is 31.2 Å². The first-order valence-corrected chi connectivity index (χ1v) is 7.07. The molecule has 0 bridgehead atoms. The molecule has 2 heterocycles. The van der Waals surface area contributed by atoms with Crippen LogP contribution in [0.15, 0.2) is 0 Å². The Kier molecular flexibility index (Phi) is 4.42. The zero-order valence-electron chi connectivity index (χ0n) is 12.4. The fourth-order valence-electron chi connectivity index (χ4n) is 2.58. The minimum absolute atomic E-state index is 0.0440. The molecule has 6 nitrogen and oxygen atoms in total. The SMILES string of the molecule is CC(=O)NCC1CCN(c2nc(C)nc(N)c2C)CC1. The van der Waals surface area contributed by atoms with E-state index in [0.717, 1.165) is 43.9 Å². The lowest BCUT2D eigenvalue weighted by Crippen LogP contribution is -2.39. The van der Waals surface area contributed by atoms with Gasteiger partial charge in [0.2, 0.25) is 5.91 Å². The highest BCUT2D eigenvalue weighted by Crippen LogP contribution is 2.26. The van der Waals surface area contributed by atoms with E-state index in [1.807, 2.05) is 13.8 Å². The van der Waals surface area contributed by atoms with E-state index in [0.29, 0.717) is 17.6 Å². The zero-order valence-corrected chi connectivity index (χ0v) is 12.4. The molecule has 1 aliphatic rings. The standard InChI is InChI=1S/C14H23N5O/c1-9-13(15)17-10(2)18-14(9)19-6-4-12(5-7-19)8-16-11(3)20/h12H,4-8H2,1-3H3,(H,16,20)(H2,15,17,18). The molecule has 110 valence electrons. The number of hydrogen-bond acceptors (Lipinski definition) is 5. The Balaban J connectivity index is 1.99. The number of nitrogen functional groups attached to an aromatic ring is 1. The van der Waals surface area contributed by atoms with Crippen LogP contribution in [0.25, 0.3) is 0 Å². The Hall–Kier alpha value is -1.85. The summed E-state index contributed by atoms with van der Waals surface area (Å²) in [5, 5.41) is 2.90. The molecule has 1 saturated heterocycles. The van der Waals surface area contributed by atoms with Crippen LogP contribution in [0.3, 0.4) is 0 Å². The molecule has 0 radical (unpaired) electrons. The van der Waals surface area contributed by atoms with Gasteiger partial charge in [-0.1, -0.05) is 0 Å². The maximum atomic E-state index is 10.9. The van der Waals surface area contributed by atoms with Gasteiger partial charge in [-0.2, -0.15) is 0 Å². The molecule has 3 N–H and O–H groups in total. The van der Waals surface area contributed by atoms with E-state index in [1.54, 1.807) is 6.92 Å². The summed E-state index contributed by atoms with van der Waals surface area (Å²) in [4.78, 5) is 21.9. The molecule has 1 aromatic heterocycles. The molecule has 0 unspecified atom stereocenters. The average molecular weight is 277 g/mol. The van der Waals surface area contributed by atoms with Gasteiger partial charge in [-0.15, -0.1) is 0 Å². The summed E-state index contributed by atoms with van der Waals surface area (Å²) in [6, 6.07) is 0. The van der Waals surface area contributed by atoms with Crippen LogP contribution in [0.5, 0.6) is 0 Å². The van der Waals surface area contributed by atoms with Gasteiger partial charge in [-0.25, -0.2) is 9.97 Å². The number of rotatable bonds is 3. The maximum absolute atomic E-state index is 10.9. The summed E-state index contributed by atoms with van der Waals surface area (Å²) >= 11 is 0. The molecule has 2 rings (SSSR count). The van der Waals surface area contributed by atoms with Crippen molar-refractivity contribution in [1.29, 1.82) is 0 Å². The lowest BCUT2D eigenvalue weighted by atomic mass is 9.96. The van der Waals surface area contributed by atoms with Crippen molar-refractivity contribution >= 4 is 17.5 Å². The van der Waals surface area contributed by atoms with Gasteiger partial charge in [0.15, 0.2) is 0 Å². The van der Waals surface area contributed by atoms with Crippen molar-refractivity contribution in [3.8, 4) is 0 Å². The number of piperidine rings is 1. The number of nitrogens with zero attached hydrogens (tertiary/aromatic N) is 3. The van der Waals surface area contributed by atoms with Gasteiger partial charge in [0.25, 0.3) is 0 Å². The van der Waals surface area contributed by atoms with Gasteiger partial charge in [-0.3, -0.25) is 4.79 Å². The topological polar surface area (TPSA) is 84.1 Å². The van der Waals surface area contributed by atoms with Gasteiger partial charge in [0.1, 0.15) is 17.5 Å². The fraction of sp³-hybridized carbons (Fsp3) is 0.643. The third kappa shape index (κ3) is 3.37. The Morgan fingerprint density at radius 3 is 2.60 bits per heavy atom. The average Bonchev–Trinajstić information content (AvgIpc) is 2.41. The Morgan fingerprint density at radius 1 is 1.35 bits per heavy atom. The number of carbonyl (C=O) groups is 1. The number of nitrogens with two attached hydrogens (primary N) is 1. The summed E-state index contributed by atoms with van der Waals surface area (Å²) in [6.45, 7) is 8.05. The largest absolute Gasteiger partial charge is 0.383 e. The summed E-state index contributed by atoms with van der Waals surface area (Å²) < 4.78 is 0. The molecule has 0 aliphatic carbocycles. The summed E-state index contributed by atoms with van der Waals surface area (Å²) in [7, 11) is 0. The summed E-state index contributed by atoms with van der Waals surface area (Å²) in [5.41, 5.74) is 6.87. The van der Waals surface area contributed by atoms with E-state index < -0.39 is 0 Å². The van der Waals surface area contributed by atoms with Crippen molar-refractivity contribution in [2.45, 2.75) is 33.6 Å².